The number of aromatic nitrogens is 1. The van der Waals surface area contributed by atoms with Gasteiger partial charge >= 0.3 is 0 Å². The lowest BCUT2D eigenvalue weighted by molar-refractivity contribution is 0.372. The molecule has 0 aliphatic carbocycles. The monoisotopic (exact) mass is 274 g/mol. The van der Waals surface area contributed by atoms with E-state index in [0.717, 1.165) is 5.92 Å². The first-order chi connectivity index (χ1) is 7.55. The highest BCUT2D eigenvalue weighted by molar-refractivity contribution is 7.09. The Morgan fingerprint density at radius 2 is 2.00 bits per heavy atom. The topological polar surface area (TPSA) is 24.9 Å². The summed E-state index contributed by atoms with van der Waals surface area (Å²) < 4.78 is 0. The highest BCUT2D eigenvalue weighted by Crippen LogP contribution is 2.26. The molecule has 0 amide bonds. The third kappa shape index (κ3) is 4.23. The van der Waals surface area contributed by atoms with E-state index in [0.29, 0.717) is 0 Å². The van der Waals surface area contributed by atoms with E-state index in [9.17, 15) is 0 Å². The first-order valence-corrected chi connectivity index (χ1v) is 7.09. The van der Waals surface area contributed by atoms with Gasteiger partial charge in [0.1, 0.15) is 0 Å². The minimum atomic E-state index is 0. The fraction of sp³-hybridized carbons (Fsp3) is 0.769. The summed E-state index contributed by atoms with van der Waals surface area (Å²) in [6.45, 7) is 9.06. The molecule has 98 valence electrons. The quantitative estimate of drug-likeness (QED) is 0.894. The van der Waals surface area contributed by atoms with Gasteiger partial charge in [0.05, 0.1) is 10.7 Å². The third-order valence-corrected chi connectivity index (χ3v) is 4.11. The molecule has 1 aromatic heterocycles. The summed E-state index contributed by atoms with van der Waals surface area (Å²) >= 11 is 1.84. The van der Waals surface area contributed by atoms with Crippen LogP contribution >= 0.6 is 23.7 Å². The minimum Gasteiger partial charge on any atom is -0.317 e. The molecule has 2 heterocycles. The van der Waals surface area contributed by atoms with E-state index in [2.05, 4.69) is 31.5 Å². The fourth-order valence-corrected chi connectivity index (χ4v) is 3.22. The molecule has 1 aliphatic rings. The van der Waals surface area contributed by atoms with E-state index in [1.807, 2.05) is 11.3 Å². The van der Waals surface area contributed by atoms with Crippen molar-refractivity contribution in [1.29, 1.82) is 0 Å². The Labute approximate surface area is 115 Å². The zero-order chi connectivity index (χ0) is 11.6. The van der Waals surface area contributed by atoms with Crippen molar-refractivity contribution in [2.75, 3.05) is 13.1 Å². The second-order valence-corrected chi connectivity index (χ2v) is 6.72. The number of rotatable bonds is 2. The number of nitrogens with zero attached hydrogens (tertiary/aromatic N) is 1. The van der Waals surface area contributed by atoms with Crippen LogP contribution in [0.15, 0.2) is 5.38 Å². The Balaban J connectivity index is 0.00000144. The van der Waals surface area contributed by atoms with Crippen LogP contribution in [0.4, 0.5) is 0 Å². The van der Waals surface area contributed by atoms with Crippen LogP contribution in [-0.2, 0) is 11.8 Å². The molecular formula is C13H23ClN2S. The maximum Gasteiger partial charge on any atom is 0.0931 e. The molecule has 1 aliphatic heterocycles. The molecule has 2 nitrogen and oxygen atoms in total. The molecular weight excluding hydrogens is 252 g/mol. The molecule has 1 saturated heterocycles. The zero-order valence-electron chi connectivity index (χ0n) is 11.0. The average Bonchev–Trinajstić information content (AvgIpc) is 2.67. The van der Waals surface area contributed by atoms with E-state index in [1.54, 1.807) is 0 Å². The van der Waals surface area contributed by atoms with Gasteiger partial charge in [-0.1, -0.05) is 20.8 Å². The molecule has 0 bridgehead atoms. The van der Waals surface area contributed by atoms with E-state index in [-0.39, 0.29) is 17.8 Å². The van der Waals surface area contributed by atoms with Gasteiger partial charge in [-0.25, -0.2) is 4.98 Å². The summed E-state index contributed by atoms with van der Waals surface area (Å²) in [5, 5.41) is 6.98. The molecule has 0 aromatic carbocycles. The third-order valence-electron chi connectivity index (χ3n) is 3.24. The number of piperidine rings is 1. The van der Waals surface area contributed by atoms with Crippen molar-refractivity contribution in [3.05, 3.63) is 16.1 Å². The highest BCUT2D eigenvalue weighted by atomic mass is 35.5. The number of halogens is 1. The molecule has 0 spiro atoms. The summed E-state index contributed by atoms with van der Waals surface area (Å²) in [5.41, 5.74) is 1.45. The minimum absolute atomic E-state index is 0. The van der Waals surface area contributed by atoms with E-state index in [1.165, 1.54) is 43.1 Å². The van der Waals surface area contributed by atoms with Crippen molar-refractivity contribution < 1.29 is 0 Å². The van der Waals surface area contributed by atoms with Crippen LogP contribution in [0.3, 0.4) is 0 Å². The molecule has 0 unspecified atom stereocenters. The van der Waals surface area contributed by atoms with Crippen molar-refractivity contribution in [1.82, 2.24) is 10.3 Å². The summed E-state index contributed by atoms with van der Waals surface area (Å²) in [6, 6.07) is 0. The Hall–Kier alpha value is -0.120. The van der Waals surface area contributed by atoms with Crippen LogP contribution in [0.5, 0.6) is 0 Å². The van der Waals surface area contributed by atoms with Crippen molar-refractivity contribution in [2.24, 2.45) is 5.92 Å². The molecule has 1 N–H and O–H groups in total. The lowest BCUT2D eigenvalue weighted by atomic mass is 9.93. The fourth-order valence-electron chi connectivity index (χ4n) is 2.08. The summed E-state index contributed by atoms with van der Waals surface area (Å²) in [6.07, 6.45) is 3.80. The smallest absolute Gasteiger partial charge is 0.0931 e. The number of hydrogen-bond acceptors (Lipinski definition) is 3. The Morgan fingerprint density at radius 1 is 1.35 bits per heavy atom. The average molecular weight is 275 g/mol. The Kier molecular flexibility index (Phi) is 5.42. The largest absolute Gasteiger partial charge is 0.317 e. The number of nitrogens with one attached hydrogen (secondary N) is 1. The number of hydrogen-bond donors (Lipinski definition) is 1. The van der Waals surface area contributed by atoms with E-state index < -0.39 is 0 Å². The second-order valence-electron chi connectivity index (χ2n) is 5.77. The van der Waals surface area contributed by atoms with Gasteiger partial charge in [-0.2, -0.15) is 0 Å². The van der Waals surface area contributed by atoms with Gasteiger partial charge in [0, 0.05) is 17.2 Å². The molecule has 17 heavy (non-hydrogen) atoms. The van der Waals surface area contributed by atoms with Crippen molar-refractivity contribution in [3.8, 4) is 0 Å². The zero-order valence-corrected chi connectivity index (χ0v) is 12.6. The van der Waals surface area contributed by atoms with Gasteiger partial charge in [-0.3, -0.25) is 0 Å². The van der Waals surface area contributed by atoms with E-state index in [4.69, 9.17) is 4.98 Å². The van der Waals surface area contributed by atoms with Crippen LogP contribution in [-0.4, -0.2) is 18.1 Å². The molecule has 1 aromatic rings. The first kappa shape index (κ1) is 14.9. The van der Waals surface area contributed by atoms with Crippen LogP contribution in [0.1, 0.15) is 44.3 Å². The van der Waals surface area contributed by atoms with Gasteiger partial charge in [0.25, 0.3) is 0 Å². The molecule has 0 atom stereocenters. The molecule has 1 fully saturated rings. The van der Waals surface area contributed by atoms with Crippen LogP contribution in [0.25, 0.3) is 0 Å². The first-order valence-electron chi connectivity index (χ1n) is 6.21. The maximum absolute atomic E-state index is 4.77. The molecule has 0 radical (unpaired) electrons. The molecule has 4 heteroatoms. The van der Waals surface area contributed by atoms with Crippen LogP contribution in [0.2, 0.25) is 0 Å². The van der Waals surface area contributed by atoms with Gasteiger partial charge < -0.3 is 5.32 Å². The predicted molar refractivity (Wildman–Crippen MR) is 77.4 cm³/mol. The van der Waals surface area contributed by atoms with Gasteiger partial charge in [0.2, 0.25) is 0 Å². The maximum atomic E-state index is 4.77. The van der Waals surface area contributed by atoms with E-state index >= 15 is 0 Å². The van der Waals surface area contributed by atoms with Crippen molar-refractivity contribution in [3.63, 3.8) is 0 Å². The Bertz CT molecular complexity index is 337. The van der Waals surface area contributed by atoms with Gasteiger partial charge in [-0.05, 0) is 31.8 Å². The molecule has 0 saturated carbocycles. The highest BCUT2D eigenvalue weighted by Gasteiger charge is 2.19. The molecule has 2 rings (SSSR count). The predicted octanol–water partition coefficient (Wildman–Crippen LogP) is 3.40. The second kappa shape index (κ2) is 6.17. The standard InChI is InChI=1S/C13H22N2S.ClH/c1-13(2,3)11-9-16-12(15-11)8-10-4-6-14-7-5-10;/h9-10,14H,4-8H2,1-3H3;1H. The Morgan fingerprint density at radius 3 is 2.53 bits per heavy atom. The van der Waals surface area contributed by atoms with Crippen LogP contribution < -0.4 is 5.32 Å². The summed E-state index contributed by atoms with van der Waals surface area (Å²) in [4.78, 5) is 4.77. The van der Waals surface area contributed by atoms with Crippen molar-refractivity contribution >= 4 is 23.7 Å². The summed E-state index contributed by atoms with van der Waals surface area (Å²) in [7, 11) is 0. The lowest BCUT2D eigenvalue weighted by Gasteiger charge is -2.21. The summed E-state index contributed by atoms with van der Waals surface area (Å²) in [5.74, 6) is 0.847. The lowest BCUT2D eigenvalue weighted by Crippen LogP contribution is -2.28. The number of thiazole rings is 1. The van der Waals surface area contributed by atoms with Crippen molar-refractivity contribution in [2.45, 2.75) is 45.4 Å². The van der Waals surface area contributed by atoms with Gasteiger partial charge in [0.15, 0.2) is 0 Å². The SMILES string of the molecule is CC(C)(C)c1csc(CC2CCNCC2)n1.Cl. The normalized spacial score (nSPS) is 17.8. The van der Waals surface area contributed by atoms with Crippen LogP contribution in [0, 0.1) is 5.92 Å². The van der Waals surface area contributed by atoms with Gasteiger partial charge in [-0.15, -0.1) is 23.7 Å².